The maximum Gasteiger partial charge on any atom is 0.255 e. The van der Waals surface area contributed by atoms with Crippen LogP contribution in [-0.4, -0.2) is 47.3 Å². The third-order valence-electron chi connectivity index (χ3n) is 7.21. The highest BCUT2D eigenvalue weighted by Crippen LogP contribution is 2.53. The Balaban J connectivity index is 1.59. The number of carbonyl (C=O) groups is 2. The number of rotatable bonds is 6. The van der Waals surface area contributed by atoms with Crippen molar-refractivity contribution in [1.29, 1.82) is 0 Å². The van der Waals surface area contributed by atoms with Crippen molar-refractivity contribution in [2.75, 3.05) is 5.32 Å². The Hall–Kier alpha value is -2.40. The molecule has 7 nitrogen and oxygen atoms in total. The lowest BCUT2D eigenvalue weighted by Crippen LogP contribution is -2.57. The number of hydrogen-bond donors (Lipinski definition) is 3. The van der Waals surface area contributed by atoms with Crippen molar-refractivity contribution in [2.45, 2.75) is 54.5 Å². The van der Waals surface area contributed by atoms with E-state index in [1.165, 1.54) is 19.1 Å². The summed E-state index contributed by atoms with van der Waals surface area (Å²) in [6.07, 6.45) is -0.581. The largest absolute Gasteiger partial charge is 0.386 e. The molecule has 188 valence electrons. The molecule has 2 aliphatic carbocycles. The number of amides is 1. The van der Waals surface area contributed by atoms with Crippen LogP contribution in [0.2, 0.25) is 5.02 Å². The fraction of sp³-hybridized carbons (Fsp3) is 0.417. The highest BCUT2D eigenvalue weighted by Gasteiger charge is 2.60. The molecule has 3 N–H and O–H groups in total. The molecule has 2 saturated carbocycles. The van der Waals surface area contributed by atoms with Crippen molar-refractivity contribution in [3.8, 4) is 0 Å². The molecule has 11 heteroatoms. The summed E-state index contributed by atoms with van der Waals surface area (Å²) in [7, 11) is -4.06. The number of hydrogen-bond acceptors (Lipinski definition) is 6. The van der Waals surface area contributed by atoms with E-state index in [0.717, 1.165) is 24.3 Å². The summed E-state index contributed by atoms with van der Waals surface area (Å²) in [5, 5.41) is 22.8. The van der Waals surface area contributed by atoms with Gasteiger partial charge in [-0.2, -0.15) is 0 Å². The number of nitrogens with one attached hydrogen (secondary N) is 1. The summed E-state index contributed by atoms with van der Waals surface area (Å²) in [6.45, 7) is 1.18. The quantitative estimate of drug-likeness (QED) is 0.528. The van der Waals surface area contributed by atoms with Crippen molar-refractivity contribution in [3.63, 3.8) is 0 Å². The van der Waals surface area contributed by atoms with Gasteiger partial charge in [-0.1, -0.05) is 11.6 Å². The number of ketones is 1. The van der Waals surface area contributed by atoms with Crippen LogP contribution in [0, 0.1) is 23.5 Å². The fourth-order valence-electron chi connectivity index (χ4n) is 5.39. The average Bonchev–Trinajstić information content (AvgIpc) is 2.97. The third kappa shape index (κ3) is 4.48. The van der Waals surface area contributed by atoms with Crippen LogP contribution in [0.3, 0.4) is 0 Å². The van der Waals surface area contributed by atoms with Gasteiger partial charge in [-0.3, -0.25) is 9.59 Å². The maximum atomic E-state index is 13.5. The number of anilines is 1. The highest BCUT2D eigenvalue weighted by atomic mass is 35.5. The first-order valence-electron chi connectivity index (χ1n) is 11.1. The molecule has 2 aromatic carbocycles. The molecule has 3 atom stereocenters. The van der Waals surface area contributed by atoms with E-state index in [9.17, 15) is 37.0 Å². The molecule has 0 saturated heterocycles. The van der Waals surface area contributed by atoms with Crippen molar-refractivity contribution in [2.24, 2.45) is 11.8 Å². The van der Waals surface area contributed by atoms with Crippen LogP contribution in [-0.2, 0) is 14.6 Å². The van der Waals surface area contributed by atoms with Crippen LogP contribution < -0.4 is 5.32 Å². The fourth-order valence-corrected chi connectivity index (χ4v) is 7.79. The molecule has 0 spiro atoms. The normalized spacial score (nSPS) is 26.9. The minimum absolute atomic E-state index is 0.0135. The van der Waals surface area contributed by atoms with Gasteiger partial charge in [0.1, 0.15) is 11.7 Å². The van der Waals surface area contributed by atoms with Gasteiger partial charge in [0.05, 0.1) is 15.2 Å². The minimum atomic E-state index is -4.06. The van der Waals surface area contributed by atoms with E-state index in [-0.39, 0.29) is 34.0 Å². The third-order valence-corrected chi connectivity index (χ3v) is 9.86. The average molecular weight is 528 g/mol. The number of Topliss-reactive ketones (excluding diaryl/α,β-unsaturated/α-hetero) is 1. The molecule has 0 radical (unpaired) electrons. The second-order valence-corrected chi connectivity index (χ2v) is 11.8. The summed E-state index contributed by atoms with van der Waals surface area (Å²) in [5.41, 5.74) is -1.74. The van der Waals surface area contributed by atoms with Gasteiger partial charge in [0.2, 0.25) is 0 Å². The second-order valence-electron chi connectivity index (χ2n) is 9.24. The molecule has 2 fully saturated rings. The Kier molecular flexibility index (Phi) is 6.78. The molecule has 2 bridgehead atoms. The van der Waals surface area contributed by atoms with Crippen molar-refractivity contribution < 1.29 is 37.0 Å². The first kappa shape index (κ1) is 25.7. The van der Waals surface area contributed by atoms with E-state index in [1.54, 1.807) is 0 Å². The van der Waals surface area contributed by atoms with Gasteiger partial charge >= 0.3 is 0 Å². The Bertz CT molecular complexity index is 1290. The zero-order chi connectivity index (χ0) is 25.7. The van der Waals surface area contributed by atoms with Gasteiger partial charge in [0, 0.05) is 17.3 Å². The molecular formula is C24H24ClF2NO6S. The first-order chi connectivity index (χ1) is 16.4. The zero-order valence-electron chi connectivity index (χ0n) is 18.7. The van der Waals surface area contributed by atoms with E-state index in [1.807, 2.05) is 0 Å². The van der Waals surface area contributed by atoms with Crippen LogP contribution in [0.15, 0.2) is 41.3 Å². The van der Waals surface area contributed by atoms with Crippen molar-refractivity contribution in [3.05, 3.63) is 58.6 Å². The SMILES string of the molecule is CC(=O)[C@@H](O)C1(O)C2CCC1CC(S(=O)(=O)c1cc(C(=O)Nc3ccc(F)c(F)c3)ccc1Cl)C2. The second kappa shape index (κ2) is 9.24. The number of aliphatic hydroxyl groups is 2. The lowest BCUT2D eigenvalue weighted by Gasteiger charge is -2.44. The molecule has 2 unspecified atom stereocenters. The zero-order valence-corrected chi connectivity index (χ0v) is 20.2. The minimum Gasteiger partial charge on any atom is -0.386 e. The first-order valence-corrected chi connectivity index (χ1v) is 13.0. The molecule has 35 heavy (non-hydrogen) atoms. The highest BCUT2D eigenvalue weighted by molar-refractivity contribution is 7.92. The Morgan fingerprint density at radius 2 is 1.71 bits per heavy atom. The summed E-state index contributed by atoms with van der Waals surface area (Å²) in [6, 6.07) is 6.52. The van der Waals surface area contributed by atoms with E-state index < -0.39 is 62.0 Å². The van der Waals surface area contributed by atoms with Crippen LogP contribution >= 0.6 is 11.6 Å². The maximum absolute atomic E-state index is 13.5. The molecule has 0 heterocycles. The monoisotopic (exact) mass is 527 g/mol. The van der Waals surface area contributed by atoms with Crippen LogP contribution in [0.5, 0.6) is 0 Å². The number of fused-ring (bicyclic) bond motifs is 2. The molecule has 1 amide bonds. The predicted octanol–water partition coefficient (Wildman–Crippen LogP) is 3.51. The van der Waals surface area contributed by atoms with E-state index >= 15 is 0 Å². The Labute approximate surface area is 206 Å². The summed E-state index contributed by atoms with van der Waals surface area (Å²) in [4.78, 5) is 24.1. The van der Waals surface area contributed by atoms with Gasteiger partial charge in [-0.15, -0.1) is 0 Å². The molecule has 4 rings (SSSR count). The Morgan fingerprint density at radius 3 is 2.29 bits per heavy atom. The molecule has 0 aromatic heterocycles. The topological polar surface area (TPSA) is 121 Å². The van der Waals surface area contributed by atoms with Crippen LogP contribution in [0.1, 0.15) is 43.0 Å². The molecular weight excluding hydrogens is 504 g/mol. The summed E-state index contributed by atoms with van der Waals surface area (Å²) in [5.74, 6) is -4.71. The Morgan fingerprint density at radius 1 is 1.09 bits per heavy atom. The van der Waals surface area contributed by atoms with Gasteiger partial charge in [-0.05, 0) is 74.8 Å². The lowest BCUT2D eigenvalue weighted by molar-refractivity contribution is -0.162. The lowest BCUT2D eigenvalue weighted by atomic mass is 9.70. The van der Waals surface area contributed by atoms with Crippen LogP contribution in [0.4, 0.5) is 14.5 Å². The van der Waals surface area contributed by atoms with E-state index in [4.69, 9.17) is 11.6 Å². The number of halogens is 3. The number of aliphatic hydroxyl groups excluding tert-OH is 1. The van der Waals surface area contributed by atoms with E-state index in [2.05, 4.69) is 5.32 Å². The van der Waals surface area contributed by atoms with E-state index in [0.29, 0.717) is 12.8 Å². The molecule has 0 aliphatic heterocycles. The smallest absolute Gasteiger partial charge is 0.255 e. The molecule has 2 aliphatic rings. The number of sulfone groups is 1. The van der Waals surface area contributed by atoms with Gasteiger partial charge < -0.3 is 15.5 Å². The van der Waals surface area contributed by atoms with Crippen molar-refractivity contribution >= 4 is 38.8 Å². The molecule has 2 aromatic rings. The standard InChI is InChI=1S/C24H24ClF2NO6S/c1-12(29)22(30)24(32)14-3-4-15(24)10-17(9-14)35(33,34)21-8-13(2-6-18(21)25)23(31)28-16-5-7-19(26)20(27)11-16/h2,5-8,11,14-15,17,22,30,32H,3-4,9-10H2,1H3,(H,28,31)/t14?,15?,17?,22-,24?/m1/s1. The summed E-state index contributed by atoms with van der Waals surface area (Å²) < 4.78 is 53.7. The van der Waals surface area contributed by atoms with Crippen LogP contribution in [0.25, 0.3) is 0 Å². The van der Waals surface area contributed by atoms with Gasteiger partial charge in [0.15, 0.2) is 27.3 Å². The van der Waals surface area contributed by atoms with Gasteiger partial charge in [0.25, 0.3) is 5.91 Å². The number of carbonyl (C=O) groups excluding carboxylic acids is 2. The predicted molar refractivity (Wildman–Crippen MR) is 124 cm³/mol. The van der Waals surface area contributed by atoms with Crippen molar-refractivity contribution in [1.82, 2.24) is 0 Å². The van der Waals surface area contributed by atoms with Gasteiger partial charge in [-0.25, -0.2) is 17.2 Å². The summed E-state index contributed by atoms with van der Waals surface area (Å²) >= 11 is 6.20. The number of benzene rings is 2.